The minimum Gasteiger partial charge on any atom is -0.317 e. The van der Waals surface area contributed by atoms with Crippen molar-refractivity contribution in [3.63, 3.8) is 0 Å². The molecule has 2 heterocycles. The van der Waals surface area contributed by atoms with Crippen molar-refractivity contribution < 1.29 is 0 Å². The topological polar surface area (TPSA) is 15.3 Å². The van der Waals surface area contributed by atoms with E-state index in [4.69, 9.17) is 0 Å². The zero-order valence-corrected chi connectivity index (χ0v) is 11.5. The van der Waals surface area contributed by atoms with Gasteiger partial charge in [-0.1, -0.05) is 30.3 Å². The molecule has 2 saturated heterocycles. The lowest BCUT2D eigenvalue weighted by atomic mass is 9.94. The molecular formula is C16H24N2. The molecule has 3 atom stereocenters. The highest BCUT2D eigenvalue weighted by molar-refractivity contribution is 5.20. The molecule has 1 aromatic rings. The van der Waals surface area contributed by atoms with Gasteiger partial charge in [-0.25, -0.2) is 0 Å². The molecule has 0 aromatic heterocycles. The van der Waals surface area contributed by atoms with Crippen LogP contribution in [-0.2, 0) is 0 Å². The van der Waals surface area contributed by atoms with E-state index in [2.05, 4.69) is 54.5 Å². The summed E-state index contributed by atoms with van der Waals surface area (Å²) < 4.78 is 0. The van der Waals surface area contributed by atoms with Gasteiger partial charge in [0.25, 0.3) is 0 Å². The Kier molecular flexibility index (Phi) is 3.40. The lowest BCUT2D eigenvalue weighted by Crippen LogP contribution is -2.49. The highest BCUT2D eigenvalue weighted by Gasteiger charge is 2.42. The predicted molar refractivity (Wildman–Crippen MR) is 75.6 cm³/mol. The van der Waals surface area contributed by atoms with Crippen LogP contribution in [0.15, 0.2) is 30.3 Å². The van der Waals surface area contributed by atoms with Crippen LogP contribution in [0.1, 0.15) is 44.2 Å². The second-order valence-electron chi connectivity index (χ2n) is 5.88. The third-order valence-electron chi connectivity index (χ3n) is 4.93. The number of rotatable bonds is 3. The van der Waals surface area contributed by atoms with Crippen molar-refractivity contribution in [1.82, 2.24) is 10.2 Å². The van der Waals surface area contributed by atoms with Crippen LogP contribution in [0.2, 0.25) is 0 Å². The third-order valence-corrected chi connectivity index (χ3v) is 4.93. The molecule has 0 spiro atoms. The number of benzene rings is 1. The maximum atomic E-state index is 3.48. The normalized spacial score (nSPS) is 33.6. The molecule has 2 heteroatoms. The first kappa shape index (κ1) is 12.2. The van der Waals surface area contributed by atoms with Crippen molar-refractivity contribution in [2.45, 2.75) is 56.8 Å². The fourth-order valence-corrected chi connectivity index (χ4v) is 3.99. The molecule has 0 aliphatic carbocycles. The Morgan fingerprint density at radius 1 is 1.11 bits per heavy atom. The minimum absolute atomic E-state index is 0.571. The van der Waals surface area contributed by atoms with E-state index in [1.165, 1.54) is 31.2 Å². The molecule has 0 radical (unpaired) electrons. The van der Waals surface area contributed by atoms with E-state index < -0.39 is 0 Å². The first-order valence-electron chi connectivity index (χ1n) is 7.29. The average molecular weight is 244 g/mol. The van der Waals surface area contributed by atoms with Crippen molar-refractivity contribution >= 4 is 0 Å². The van der Waals surface area contributed by atoms with Gasteiger partial charge in [0.05, 0.1) is 0 Å². The van der Waals surface area contributed by atoms with Gasteiger partial charge in [0, 0.05) is 24.2 Å². The fraction of sp³-hybridized carbons (Fsp3) is 0.625. The van der Waals surface area contributed by atoms with Crippen molar-refractivity contribution in [2.75, 3.05) is 7.05 Å². The van der Waals surface area contributed by atoms with Crippen LogP contribution in [0, 0.1) is 0 Å². The summed E-state index contributed by atoms with van der Waals surface area (Å²) in [5.74, 6) is 0. The molecule has 3 unspecified atom stereocenters. The molecule has 2 nitrogen and oxygen atoms in total. The quantitative estimate of drug-likeness (QED) is 0.879. The van der Waals surface area contributed by atoms with Gasteiger partial charge < -0.3 is 5.32 Å². The van der Waals surface area contributed by atoms with Crippen LogP contribution < -0.4 is 5.32 Å². The molecule has 18 heavy (non-hydrogen) atoms. The molecule has 98 valence electrons. The number of hydrogen-bond donors (Lipinski definition) is 1. The maximum absolute atomic E-state index is 3.48. The van der Waals surface area contributed by atoms with Gasteiger partial charge >= 0.3 is 0 Å². The largest absolute Gasteiger partial charge is 0.317 e. The van der Waals surface area contributed by atoms with Gasteiger partial charge in [-0.3, -0.25) is 4.90 Å². The van der Waals surface area contributed by atoms with Gasteiger partial charge in [-0.2, -0.15) is 0 Å². The van der Waals surface area contributed by atoms with Crippen LogP contribution in [0.5, 0.6) is 0 Å². The number of hydrogen-bond acceptors (Lipinski definition) is 2. The van der Waals surface area contributed by atoms with Gasteiger partial charge in [-0.05, 0) is 45.2 Å². The molecule has 1 N–H and O–H groups in total. The van der Waals surface area contributed by atoms with Gasteiger partial charge in [0.1, 0.15) is 0 Å². The highest BCUT2D eigenvalue weighted by Crippen LogP contribution is 2.41. The van der Waals surface area contributed by atoms with Crippen molar-refractivity contribution in [3.8, 4) is 0 Å². The van der Waals surface area contributed by atoms with E-state index in [0.717, 1.165) is 18.1 Å². The molecule has 0 saturated carbocycles. The Morgan fingerprint density at radius 3 is 2.28 bits per heavy atom. The summed E-state index contributed by atoms with van der Waals surface area (Å²) in [4.78, 5) is 2.78. The Balaban J connectivity index is 1.78. The number of nitrogens with one attached hydrogen (secondary N) is 1. The van der Waals surface area contributed by atoms with E-state index in [1.54, 1.807) is 0 Å². The van der Waals surface area contributed by atoms with Crippen LogP contribution >= 0.6 is 0 Å². The highest BCUT2D eigenvalue weighted by atomic mass is 15.3. The monoisotopic (exact) mass is 244 g/mol. The molecule has 2 fully saturated rings. The van der Waals surface area contributed by atoms with E-state index in [1.807, 2.05) is 0 Å². The van der Waals surface area contributed by atoms with Gasteiger partial charge in [-0.15, -0.1) is 0 Å². The van der Waals surface area contributed by atoms with Gasteiger partial charge in [0.15, 0.2) is 0 Å². The molecule has 1 aromatic carbocycles. The van der Waals surface area contributed by atoms with Crippen molar-refractivity contribution in [2.24, 2.45) is 0 Å². The SMILES string of the molecule is CNC1CC2CCC(C1)N2C(C)c1ccccc1. The summed E-state index contributed by atoms with van der Waals surface area (Å²) in [6.45, 7) is 2.38. The first-order valence-corrected chi connectivity index (χ1v) is 7.29. The summed E-state index contributed by atoms with van der Waals surface area (Å²) >= 11 is 0. The lowest BCUT2D eigenvalue weighted by molar-refractivity contribution is 0.0789. The molecule has 2 bridgehead atoms. The maximum Gasteiger partial charge on any atom is 0.0325 e. The van der Waals surface area contributed by atoms with E-state index in [0.29, 0.717) is 6.04 Å². The third kappa shape index (κ3) is 2.08. The summed E-state index contributed by atoms with van der Waals surface area (Å²) in [5.41, 5.74) is 1.47. The molecule has 0 amide bonds. The Hall–Kier alpha value is -0.860. The van der Waals surface area contributed by atoms with E-state index >= 15 is 0 Å². The van der Waals surface area contributed by atoms with E-state index in [9.17, 15) is 0 Å². The number of piperidine rings is 1. The van der Waals surface area contributed by atoms with Crippen LogP contribution in [0.25, 0.3) is 0 Å². The summed E-state index contributed by atoms with van der Waals surface area (Å²) in [7, 11) is 2.11. The second kappa shape index (κ2) is 5.02. The van der Waals surface area contributed by atoms with Crippen LogP contribution in [-0.4, -0.2) is 30.1 Å². The van der Waals surface area contributed by atoms with Crippen LogP contribution in [0.4, 0.5) is 0 Å². The fourth-order valence-electron chi connectivity index (χ4n) is 3.99. The van der Waals surface area contributed by atoms with Crippen molar-refractivity contribution in [3.05, 3.63) is 35.9 Å². The molecular weight excluding hydrogens is 220 g/mol. The molecule has 2 aliphatic heterocycles. The van der Waals surface area contributed by atoms with Crippen LogP contribution in [0.3, 0.4) is 0 Å². The summed E-state index contributed by atoms with van der Waals surface area (Å²) in [6.07, 6.45) is 5.42. The Bertz CT molecular complexity index is 375. The smallest absolute Gasteiger partial charge is 0.0325 e. The standard InChI is InChI=1S/C16H24N2/c1-12(13-6-4-3-5-7-13)18-15-8-9-16(18)11-14(10-15)17-2/h3-7,12,14-17H,8-11H2,1-2H3. The predicted octanol–water partition coefficient (Wildman–Crippen LogP) is 2.96. The molecule has 3 rings (SSSR count). The second-order valence-corrected chi connectivity index (χ2v) is 5.88. The number of fused-ring (bicyclic) bond motifs is 2. The summed E-state index contributed by atoms with van der Waals surface area (Å²) in [6, 6.07) is 13.9. The Morgan fingerprint density at radius 2 is 1.72 bits per heavy atom. The zero-order chi connectivity index (χ0) is 12.5. The number of nitrogens with zero attached hydrogens (tertiary/aromatic N) is 1. The van der Waals surface area contributed by atoms with Crippen molar-refractivity contribution in [1.29, 1.82) is 0 Å². The molecule has 2 aliphatic rings. The zero-order valence-electron chi connectivity index (χ0n) is 11.5. The summed E-state index contributed by atoms with van der Waals surface area (Å²) in [5, 5.41) is 3.48. The van der Waals surface area contributed by atoms with Gasteiger partial charge in [0.2, 0.25) is 0 Å². The Labute approximate surface area is 110 Å². The average Bonchev–Trinajstić information content (AvgIpc) is 2.69. The minimum atomic E-state index is 0.571. The first-order chi connectivity index (χ1) is 8.79. The van der Waals surface area contributed by atoms with E-state index in [-0.39, 0.29) is 0 Å². The lowest BCUT2D eigenvalue weighted by Gasteiger charge is -2.42.